The Labute approximate surface area is 58.8 Å². The molecule has 0 unspecified atom stereocenters. The molecule has 0 aliphatic carbocycles. The molecule has 0 radical (unpaired) electrons. The first-order valence-corrected chi connectivity index (χ1v) is 3.52. The predicted octanol–water partition coefficient (Wildman–Crippen LogP) is 1.23. The third kappa shape index (κ3) is 1.03. The Bertz CT molecular complexity index is 201. The normalized spacial score (nSPS) is 9.29. The van der Waals surface area contributed by atoms with E-state index in [4.69, 9.17) is 5.41 Å². The Hall–Kier alpha value is 0.160. The van der Waals surface area contributed by atoms with Crippen LogP contribution in [0.3, 0.4) is 0 Å². The molecule has 7 heavy (non-hydrogen) atoms. The van der Waals surface area contributed by atoms with Crippen molar-refractivity contribution >= 4 is 34.2 Å². The summed E-state index contributed by atoms with van der Waals surface area (Å²) in [6.07, 6.45) is 1.85. The SMILES string of the molecule is N=c1sccn1I. The van der Waals surface area contributed by atoms with E-state index in [1.54, 1.807) is 2.78 Å². The Morgan fingerprint density at radius 1 is 1.86 bits per heavy atom. The lowest BCUT2D eigenvalue weighted by Crippen LogP contribution is -1.98. The van der Waals surface area contributed by atoms with Gasteiger partial charge >= 0.3 is 0 Å². The van der Waals surface area contributed by atoms with Crippen LogP contribution in [-0.2, 0) is 0 Å². The van der Waals surface area contributed by atoms with Crippen molar-refractivity contribution in [3.63, 3.8) is 0 Å². The van der Waals surface area contributed by atoms with Gasteiger partial charge in [-0.05, 0) is 0 Å². The van der Waals surface area contributed by atoms with Crippen LogP contribution in [0.2, 0.25) is 0 Å². The van der Waals surface area contributed by atoms with Gasteiger partial charge < -0.3 is 0 Å². The minimum absolute atomic E-state index is 0.584. The van der Waals surface area contributed by atoms with E-state index in [0.29, 0.717) is 4.80 Å². The van der Waals surface area contributed by atoms with Crippen LogP contribution in [0.5, 0.6) is 0 Å². The summed E-state index contributed by atoms with van der Waals surface area (Å²) in [6, 6.07) is 0. The van der Waals surface area contributed by atoms with Crippen molar-refractivity contribution in [3.8, 4) is 0 Å². The summed E-state index contributed by atoms with van der Waals surface area (Å²) in [7, 11) is 0. The maximum absolute atomic E-state index is 7.07. The molecule has 2 nitrogen and oxygen atoms in total. The van der Waals surface area contributed by atoms with Gasteiger partial charge in [0, 0.05) is 11.6 Å². The maximum atomic E-state index is 7.07. The predicted molar refractivity (Wildman–Crippen MR) is 37.6 cm³/mol. The van der Waals surface area contributed by atoms with Crippen molar-refractivity contribution in [2.24, 2.45) is 0 Å². The first-order valence-electron chi connectivity index (χ1n) is 1.67. The van der Waals surface area contributed by atoms with Crippen molar-refractivity contribution in [3.05, 3.63) is 16.4 Å². The minimum atomic E-state index is 0.584. The number of nitrogens with one attached hydrogen (secondary N) is 1. The Balaban J connectivity index is 3.39. The van der Waals surface area contributed by atoms with Crippen LogP contribution in [0.4, 0.5) is 0 Å². The van der Waals surface area contributed by atoms with Crippen molar-refractivity contribution in [2.75, 3.05) is 0 Å². The molecule has 0 atom stereocenters. The summed E-state index contributed by atoms with van der Waals surface area (Å²) in [4.78, 5) is 0.584. The third-order valence-electron chi connectivity index (χ3n) is 0.565. The van der Waals surface area contributed by atoms with Gasteiger partial charge in [-0.25, -0.2) is 0 Å². The van der Waals surface area contributed by atoms with Crippen LogP contribution >= 0.6 is 34.2 Å². The molecular weight excluding hydrogens is 223 g/mol. The van der Waals surface area contributed by atoms with Crippen molar-refractivity contribution in [1.29, 1.82) is 5.41 Å². The number of rotatable bonds is 0. The van der Waals surface area contributed by atoms with Gasteiger partial charge in [0.1, 0.15) is 0 Å². The zero-order valence-corrected chi connectivity index (χ0v) is 6.36. The molecule has 1 N–H and O–H groups in total. The molecule has 0 fully saturated rings. The number of thiazole rings is 1. The van der Waals surface area contributed by atoms with Crippen LogP contribution in [0.15, 0.2) is 11.6 Å². The lowest BCUT2D eigenvalue weighted by atomic mass is 11.0. The second-order valence-electron chi connectivity index (χ2n) is 1.02. The standard InChI is InChI=1S/C3H3IN2S/c4-6-1-2-7-3(6)5/h1-2,5H. The summed E-state index contributed by atoms with van der Waals surface area (Å²) in [5.74, 6) is 0. The summed E-state index contributed by atoms with van der Waals surface area (Å²) in [5.41, 5.74) is 0. The second-order valence-corrected chi connectivity index (χ2v) is 2.95. The van der Waals surface area contributed by atoms with Gasteiger partial charge in [0.25, 0.3) is 0 Å². The average molecular weight is 226 g/mol. The fourth-order valence-electron chi connectivity index (χ4n) is 0.266. The number of aromatic nitrogens is 1. The molecule has 0 spiro atoms. The molecule has 0 bridgehead atoms. The van der Waals surface area contributed by atoms with Gasteiger partial charge in [-0.15, -0.1) is 11.3 Å². The highest BCUT2D eigenvalue weighted by Crippen LogP contribution is 1.91. The Morgan fingerprint density at radius 2 is 2.57 bits per heavy atom. The van der Waals surface area contributed by atoms with Crippen LogP contribution in [0.1, 0.15) is 0 Å². The summed E-state index contributed by atoms with van der Waals surface area (Å²) in [6.45, 7) is 0. The number of nitrogens with zero attached hydrogens (tertiary/aromatic N) is 1. The molecule has 1 aromatic rings. The van der Waals surface area contributed by atoms with E-state index in [0.717, 1.165) is 0 Å². The van der Waals surface area contributed by atoms with E-state index in [2.05, 4.69) is 22.9 Å². The minimum Gasteiger partial charge on any atom is -0.274 e. The first-order chi connectivity index (χ1) is 3.30. The smallest absolute Gasteiger partial charge is 0.190 e. The monoisotopic (exact) mass is 226 g/mol. The van der Waals surface area contributed by atoms with Crippen LogP contribution in [0, 0.1) is 5.41 Å². The quantitative estimate of drug-likeness (QED) is 0.644. The lowest BCUT2D eigenvalue weighted by Gasteiger charge is -1.75. The van der Waals surface area contributed by atoms with Gasteiger partial charge in [0.2, 0.25) is 0 Å². The lowest BCUT2D eigenvalue weighted by molar-refractivity contribution is 1.15. The topological polar surface area (TPSA) is 28.8 Å². The molecule has 1 heterocycles. The third-order valence-corrected chi connectivity index (χ3v) is 2.37. The van der Waals surface area contributed by atoms with E-state index >= 15 is 0 Å². The van der Waals surface area contributed by atoms with E-state index in [-0.39, 0.29) is 0 Å². The van der Waals surface area contributed by atoms with Crippen molar-refractivity contribution in [2.45, 2.75) is 0 Å². The average Bonchev–Trinajstić information content (AvgIpc) is 1.91. The van der Waals surface area contributed by atoms with Crippen molar-refractivity contribution < 1.29 is 0 Å². The van der Waals surface area contributed by atoms with E-state index in [1.807, 2.05) is 11.6 Å². The highest BCUT2D eigenvalue weighted by atomic mass is 127. The highest BCUT2D eigenvalue weighted by molar-refractivity contribution is 14.1. The second kappa shape index (κ2) is 1.95. The highest BCUT2D eigenvalue weighted by Gasteiger charge is 1.80. The number of halogens is 1. The molecule has 1 aromatic heterocycles. The molecule has 38 valence electrons. The van der Waals surface area contributed by atoms with Gasteiger partial charge in [0.05, 0.1) is 22.9 Å². The van der Waals surface area contributed by atoms with Gasteiger partial charge in [-0.2, -0.15) is 0 Å². The zero-order chi connectivity index (χ0) is 5.28. The van der Waals surface area contributed by atoms with Crippen LogP contribution < -0.4 is 4.80 Å². The zero-order valence-electron chi connectivity index (χ0n) is 3.39. The molecule has 1 rings (SSSR count). The van der Waals surface area contributed by atoms with Gasteiger partial charge in [0.15, 0.2) is 4.80 Å². The molecule has 0 aromatic carbocycles. The van der Waals surface area contributed by atoms with E-state index in [9.17, 15) is 0 Å². The van der Waals surface area contributed by atoms with E-state index < -0.39 is 0 Å². The maximum Gasteiger partial charge on any atom is 0.190 e. The van der Waals surface area contributed by atoms with Crippen LogP contribution in [0.25, 0.3) is 0 Å². The van der Waals surface area contributed by atoms with Crippen molar-refractivity contribution in [1.82, 2.24) is 2.78 Å². The summed E-state index contributed by atoms with van der Waals surface area (Å²) >= 11 is 3.49. The van der Waals surface area contributed by atoms with Gasteiger partial charge in [-0.1, -0.05) is 0 Å². The Morgan fingerprint density at radius 3 is 2.71 bits per heavy atom. The molecular formula is C3H3IN2S. The molecule has 0 saturated carbocycles. The largest absolute Gasteiger partial charge is 0.274 e. The number of hydrogen-bond acceptors (Lipinski definition) is 2. The fraction of sp³-hybridized carbons (Fsp3) is 0. The first kappa shape index (κ1) is 5.30. The molecule has 0 saturated heterocycles. The Kier molecular flexibility index (Phi) is 1.48. The molecule has 0 aliphatic heterocycles. The molecule has 0 aliphatic rings. The van der Waals surface area contributed by atoms with Gasteiger partial charge in [-0.3, -0.25) is 8.19 Å². The summed E-state index contributed by atoms with van der Waals surface area (Å²) < 4.78 is 1.74. The fourth-order valence-corrected chi connectivity index (χ4v) is 1.46. The molecule has 4 heteroatoms. The summed E-state index contributed by atoms with van der Waals surface area (Å²) in [5, 5.41) is 8.96. The van der Waals surface area contributed by atoms with Crippen LogP contribution in [-0.4, -0.2) is 2.78 Å². The molecule has 0 amide bonds. The van der Waals surface area contributed by atoms with E-state index in [1.165, 1.54) is 11.3 Å². The number of hydrogen-bond donors (Lipinski definition) is 1.